The highest BCUT2D eigenvalue weighted by Crippen LogP contribution is 2.23. The number of aromatic nitrogens is 2. The van der Waals surface area contributed by atoms with E-state index in [0.717, 1.165) is 43.7 Å². The number of carbonyl (C=O) groups excluding carboxylic acids is 1. The zero-order chi connectivity index (χ0) is 27.5. The highest BCUT2D eigenvalue weighted by atomic mass is 19.4. The Morgan fingerprint density at radius 3 is 2.36 bits per heavy atom. The minimum absolute atomic E-state index is 0.180. The summed E-state index contributed by atoms with van der Waals surface area (Å²) in [6.07, 6.45) is -1.88. The van der Waals surface area contributed by atoms with Crippen LogP contribution in [0, 0.1) is 0 Å². The third-order valence-corrected chi connectivity index (χ3v) is 5.72. The summed E-state index contributed by atoms with van der Waals surface area (Å²) in [5.74, 6) is 1.08. The molecule has 208 valence electrons. The first-order valence-corrected chi connectivity index (χ1v) is 12.7. The van der Waals surface area contributed by atoms with Crippen molar-refractivity contribution in [1.29, 1.82) is 0 Å². The summed E-state index contributed by atoms with van der Waals surface area (Å²) in [5, 5.41) is 12.4. The van der Waals surface area contributed by atoms with Crippen LogP contribution in [0.2, 0.25) is 0 Å². The van der Waals surface area contributed by atoms with Crippen molar-refractivity contribution in [3.8, 4) is 11.8 Å². The Hall–Kier alpha value is -4.06. The van der Waals surface area contributed by atoms with Gasteiger partial charge in [-0.2, -0.15) is 23.1 Å². The summed E-state index contributed by atoms with van der Waals surface area (Å²) in [6, 6.07) is 15.4. The molecule has 0 saturated heterocycles. The summed E-state index contributed by atoms with van der Waals surface area (Å²) in [5.41, 5.74) is 2.01. The lowest BCUT2D eigenvalue weighted by Gasteiger charge is -2.13. The Morgan fingerprint density at radius 1 is 0.872 bits per heavy atom. The maximum Gasteiger partial charge on any atom is 0.422 e. The SMILES string of the molecule is O=C1NCCCCNCCCOc2ccc(cc2)CNc2cc(nc(OCC(F)(F)F)n2)Nc2ccc1cc2. The minimum atomic E-state index is -4.53. The highest BCUT2D eigenvalue weighted by molar-refractivity contribution is 5.94. The first kappa shape index (κ1) is 28.0. The number of nitrogens with one attached hydrogen (secondary N) is 4. The molecule has 6 bridgehead atoms. The second-order valence-electron chi connectivity index (χ2n) is 8.94. The third kappa shape index (κ3) is 9.64. The number of ether oxygens (including phenoxy) is 2. The van der Waals surface area contributed by atoms with Crippen molar-refractivity contribution in [2.75, 3.05) is 43.5 Å². The Kier molecular flexibility index (Phi) is 9.79. The molecule has 0 spiro atoms. The molecule has 39 heavy (non-hydrogen) atoms. The standard InChI is InChI=1S/C27H31F3N6O3/c28-27(29,30)18-39-26-35-23-16-24(36-26)34-21-8-6-20(7-9-21)25(37)32-14-2-1-12-31-13-3-15-38-22-10-4-19(5-11-22)17-33-23/h4-11,16,31H,1-3,12-15,17-18H2,(H,32,37)(H2,33,34,35,36). The van der Waals surface area contributed by atoms with E-state index < -0.39 is 18.8 Å². The lowest BCUT2D eigenvalue weighted by molar-refractivity contribution is -0.154. The number of halogens is 3. The smallest absolute Gasteiger partial charge is 0.422 e. The van der Waals surface area contributed by atoms with E-state index in [-0.39, 0.29) is 17.5 Å². The maximum atomic E-state index is 12.7. The van der Waals surface area contributed by atoms with Crippen molar-refractivity contribution in [3.63, 3.8) is 0 Å². The number of anilines is 3. The Bertz CT molecular complexity index is 1210. The molecule has 3 aromatic rings. The van der Waals surface area contributed by atoms with Crippen LogP contribution in [0.5, 0.6) is 11.8 Å². The highest BCUT2D eigenvalue weighted by Gasteiger charge is 2.29. The van der Waals surface area contributed by atoms with Gasteiger partial charge in [0.05, 0.1) is 6.61 Å². The second-order valence-corrected chi connectivity index (χ2v) is 8.94. The Balaban J connectivity index is 1.52. The van der Waals surface area contributed by atoms with Crippen LogP contribution in [0.25, 0.3) is 0 Å². The quantitative estimate of drug-likeness (QED) is 0.369. The summed E-state index contributed by atoms with van der Waals surface area (Å²) in [7, 11) is 0. The van der Waals surface area contributed by atoms with Crippen molar-refractivity contribution < 1.29 is 27.4 Å². The van der Waals surface area contributed by atoms with Crippen molar-refractivity contribution in [2.45, 2.75) is 32.0 Å². The van der Waals surface area contributed by atoms with E-state index in [4.69, 9.17) is 9.47 Å². The molecule has 0 atom stereocenters. The van der Waals surface area contributed by atoms with Crippen LogP contribution in [0.15, 0.2) is 54.6 Å². The summed E-state index contributed by atoms with van der Waals surface area (Å²) in [6.45, 7) is 1.70. The lowest BCUT2D eigenvalue weighted by atomic mass is 10.2. The van der Waals surface area contributed by atoms with Crippen molar-refractivity contribution >= 4 is 23.2 Å². The van der Waals surface area contributed by atoms with Gasteiger partial charge in [0.2, 0.25) is 0 Å². The number of amides is 1. The molecule has 6 rings (SSSR count). The number of alkyl halides is 3. The molecule has 0 saturated carbocycles. The first-order chi connectivity index (χ1) is 18.8. The summed E-state index contributed by atoms with van der Waals surface area (Å²) >= 11 is 0. The monoisotopic (exact) mass is 544 g/mol. The predicted molar refractivity (Wildman–Crippen MR) is 142 cm³/mol. The molecule has 1 aromatic heterocycles. The van der Waals surface area contributed by atoms with E-state index in [1.807, 2.05) is 24.3 Å². The van der Waals surface area contributed by atoms with Crippen molar-refractivity contribution in [2.24, 2.45) is 0 Å². The largest absolute Gasteiger partial charge is 0.494 e. The molecule has 1 amide bonds. The van der Waals surface area contributed by atoms with Crippen LogP contribution < -0.4 is 30.7 Å². The first-order valence-electron chi connectivity index (χ1n) is 12.7. The van der Waals surface area contributed by atoms with E-state index >= 15 is 0 Å². The van der Waals surface area contributed by atoms with Gasteiger partial charge in [-0.1, -0.05) is 12.1 Å². The van der Waals surface area contributed by atoms with Gasteiger partial charge in [-0.15, -0.1) is 0 Å². The molecule has 9 nitrogen and oxygen atoms in total. The van der Waals surface area contributed by atoms with Gasteiger partial charge in [0, 0.05) is 30.4 Å². The summed E-state index contributed by atoms with van der Waals surface area (Å²) < 4.78 is 48.8. The van der Waals surface area contributed by atoms with Crippen LogP contribution in [-0.2, 0) is 6.54 Å². The Labute approximate surface area is 224 Å². The zero-order valence-corrected chi connectivity index (χ0v) is 21.3. The van der Waals surface area contributed by atoms with E-state index in [0.29, 0.717) is 30.9 Å². The molecule has 3 aliphatic rings. The molecular formula is C27H31F3N6O3. The van der Waals surface area contributed by atoms with Crippen LogP contribution in [0.3, 0.4) is 0 Å². The minimum Gasteiger partial charge on any atom is -0.494 e. The van der Waals surface area contributed by atoms with Crippen molar-refractivity contribution in [3.05, 3.63) is 65.7 Å². The molecule has 4 N–H and O–H groups in total. The van der Waals surface area contributed by atoms with Crippen molar-refractivity contribution in [1.82, 2.24) is 20.6 Å². The fourth-order valence-corrected chi connectivity index (χ4v) is 3.73. The molecular weight excluding hydrogens is 513 g/mol. The lowest BCUT2D eigenvalue weighted by Crippen LogP contribution is -2.25. The molecule has 0 aliphatic carbocycles. The normalized spacial score (nSPS) is 15.6. The number of hydrogen-bond donors (Lipinski definition) is 4. The predicted octanol–water partition coefficient (Wildman–Crippen LogP) is 4.66. The fourth-order valence-electron chi connectivity index (χ4n) is 3.73. The van der Waals surface area contributed by atoms with Gasteiger partial charge in [0.15, 0.2) is 6.61 Å². The molecule has 0 fully saturated rings. The molecule has 2 aromatic carbocycles. The topological polar surface area (TPSA) is 109 Å². The van der Waals surface area contributed by atoms with Gasteiger partial charge in [0.25, 0.3) is 5.91 Å². The van der Waals surface area contributed by atoms with Crippen LogP contribution in [0.1, 0.15) is 35.2 Å². The number of hydrogen-bond acceptors (Lipinski definition) is 8. The van der Waals surface area contributed by atoms with E-state index in [1.165, 1.54) is 0 Å². The van der Waals surface area contributed by atoms with E-state index in [2.05, 4.69) is 31.2 Å². The van der Waals surface area contributed by atoms with Crippen LogP contribution in [0.4, 0.5) is 30.5 Å². The molecule has 0 unspecified atom stereocenters. The van der Waals surface area contributed by atoms with Crippen LogP contribution >= 0.6 is 0 Å². The molecule has 3 aliphatic heterocycles. The van der Waals surface area contributed by atoms with Gasteiger partial charge in [-0.05, 0) is 74.3 Å². The molecule has 12 heteroatoms. The molecule has 0 radical (unpaired) electrons. The maximum absolute atomic E-state index is 12.7. The van der Waals surface area contributed by atoms with Crippen LogP contribution in [-0.4, -0.2) is 54.9 Å². The van der Waals surface area contributed by atoms with Gasteiger partial charge in [-0.3, -0.25) is 4.79 Å². The number of fused-ring (bicyclic) bond motifs is 2. The van der Waals surface area contributed by atoms with E-state index in [9.17, 15) is 18.0 Å². The second kappa shape index (κ2) is 13.7. The summed E-state index contributed by atoms with van der Waals surface area (Å²) in [4.78, 5) is 20.6. The van der Waals surface area contributed by atoms with Gasteiger partial charge in [-0.25, -0.2) is 0 Å². The number of benzene rings is 2. The van der Waals surface area contributed by atoms with Gasteiger partial charge in [0.1, 0.15) is 17.4 Å². The van der Waals surface area contributed by atoms with Gasteiger partial charge < -0.3 is 30.7 Å². The molecule has 4 heterocycles. The zero-order valence-electron chi connectivity index (χ0n) is 21.3. The average molecular weight is 545 g/mol. The number of nitrogens with zero attached hydrogens (tertiary/aromatic N) is 2. The third-order valence-electron chi connectivity index (χ3n) is 5.72. The Morgan fingerprint density at radius 2 is 1.59 bits per heavy atom. The number of rotatable bonds is 2. The fraction of sp³-hybridized carbons (Fsp3) is 0.370. The number of carbonyl (C=O) groups is 1. The average Bonchev–Trinajstić information content (AvgIpc) is 2.92. The van der Waals surface area contributed by atoms with Gasteiger partial charge >= 0.3 is 12.2 Å². The van der Waals surface area contributed by atoms with E-state index in [1.54, 1.807) is 30.3 Å².